The SMILES string of the molecule is CC1(C)OC2C=C3CCN4Cc5cc6c(cc5C(C2O1)C34)OCO6. The van der Waals surface area contributed by atoms with E-state index in [0.29, 0.717) is 18.8 Å². The van der Waals surface area contributed by atoms with Crippen LogP contribution in [0.2, 0.25) is 0 Å². The van der Waals surface area contributed by atoms with Crippen LogP contribution in [0.15, 0.2) is 23.8 Å². The van der Waals surface area contributed by atoms with Gasteiger partial charge in [-0.05, 0) is 43.5 Å². The Morgan fingerprint density at radius 1 is 1.12 bits per heavy atom. The first kappa shape index (κ1) is 13.7. The molecule has 0 N–H and O–H groups in total. The Kier molecular flexibility index (Phi) is 2.48. The van der Waals surface area contributed by atoms with Crippen molar-refractivity contribution in [2.75, 3.05) is 13.3 Å². The Morgan fingerprint density at radius 3 is 2.83 bits per heavy atom. The van der Waals surface area contributed by atoms with E-state index >= 15 is 0 Å². The molecule has 0 spiro atoms. The predicted octanol–water partition coefficient (Wildman–Crippen LogP) is 2.55. The van der Waals surface area contributed by atoms with Gasteiger partial charge in [-0.15, -0.1) is 0 Å². The minimum atomic E-state index is -0.524. The molecule has 1 aromatic rings. The van der Waals surface area contributed by atoms with Crippen LogP contribution < -0.4 is 9.47 Å². The smallest absolute Gasteiger partial charge is 0.231 e. The topological polar surface area (TPSA) is 40.2 Å². The molecule has 126 valence electrons. The van der Waals surface area contributed by atoms with Crippen molar-refractivity contribution in [1.82, 2.24) is 4.90 Å². The van der Waals surface area contributed by atoms with Crippen LogP contribution >= 0.6 is 0 Å². The maximum absolute atomic E-state index is 6.36. The molecule has 4 aliphatic heterocycles. The molecule has 1 aliphatic carbocycles. The number of hydrogen-bond donors (Lipinski definition) is 0. The lowest BCUT2D eigenvalue weighted by Crippen LogP contribution is -2.49. The summed E-state index contributed by atoms with van der Waals surface area (Å²) in [5.41, 5.74) is 4.21. The van der Waals surface area contributed by atoms with Gasteiger partial charge in [0.05, 0.1) is 6.10 Å². The zero-order chi connectivity index (χ0) is 16.1. The normalized spacial score (nSPS) is 37.7. The van der Waals surface area contributed by atoms with E-state index in [4.69, 9.17) is 18.9 Å². The molecule has 24 heavy (non-hydrogen) atoms. The van der Waals surface area contributed by atoms with Gasteiger partial charge in [0.15, 0.2) is 17.3 Å². The lowest BCUT2D eigenvalue weighted by molar-refractivity contribution is -0.145. The number of hydrogen-bond acceptors (Lipinski definition) is 5. The second-order valence-electron chi connectivity index (χ2n) is 7.90. The Balaban J connectivity index is 1.53. The van der Waals surface area contributed by atoms with Gasteiger partial charge >= 0.3 is 0 Å². The average Bonchev–Trinajstić information content (AvgIpc) is 3.21. The van der Waals surface area contributed by atoms with Crippen LogP contribution in [0.25, 0.3) is 0 Å². The Labute approximate surface area is 141 Å². The summed E-state index contributed by atoms with van der Waals surface area (Å²) in [4.78, 5) is 2.59. The minimum Gasteiger partial charge on any atom is -0.454 e. The second-order valence-corrected chi connectivity index (χ2v) is 7.90. The highest BCUT2D eigenvalue weighted by Gasteiger charge is 2.55. The van der Waals surface area contributed by atoms with Crippen molar-refractivity contribution in [3.63, 3.8) is 0 Å². The van der Waals surface area contributed by atoms with Gasteiger partial charge in [-0.3, -0.25) is 4.90 Å². The summed E-state index contributed by atoms with van der Waals surface area (Å²) >= 11 is 0. The fourth-order valence-electron chi connectivity index (χ4n) is 5.24. The molecule has 4 atom stereocenters. The number of fused-ring (bicyclic) bond motifs is 5. The van der Waals surface area contributed by atoms with Gasteiger partial charge in [0.1, 0.15) is 6.10 Å². The zero-order valence-corrected chi connectivity index (χ0v) is 14.0. The summed E-state index contributed by atoms with van der Waals surface area (Å²) in [5, 5.41) is 0. The number of nitrogens with zero attached hydrogens (tertiary/aromatic N) is 1. The number of rotatable bonds is 0. The largest absolute Gasteiger partial charge is 0.454 e. The summed E-state index contributed by atoms with van der Waals surface area (Å²) in [7, 11) is 0. The van der Waals surface area contributed by atoms with Crippen molar-refractivity contribution in [1.29, 1.82) is 0 Å². The molecule has 5 nitrogen and oxygen atoms in total. The molecule has 0 amide bonds. The van der Waals surface area contributed by atoms with Crippen LogP contribution in [0.3, 0.4) is 0 Å². The van der Waals surface area contributed by atoms with Gasteiger partial charge < -0.3 is 18.9 Å². The van der Waals surface area contributed by atoms with Gasteiger partial charge in [0.25, 0.3) is 0 Å². The third-order valence-electron chi connectivity index (χ3n) is 6.06. The van der Waals surface area contributed by atoms with Crippen molar-refractivity contribution >= 4 is 0 Å². The number of benzene rings is 1. The van der Waals surface area contributed by atoms with Crippen LogP contribution in [-0.4, -0.2) is 42.3 Å². The highest BCUT2D eigenvalue weighted by Crippen LogP contribution is 2.53. The highest BCUT2D eigenvalue weighted by atomic mass is 16.8. The van der Waals surface area contributed by atoms with E-state index in [1.807, 2.05) is 13.8 Å². The summed E-state index contributed by atoms with van der Waals surface area (Å²) in [6.45, 7) is 6.44. The summed E-state index contributed by atoms with van der Waals surface area (Å²) in [5.74, 6) is 1.52. The minimum absolute atomic E-state index is 0.0487. The van der Waals surface area contributed by atoms with E-state index in [9.17, 15) is 0 Å². The Bertz CT molecular complexity index is 771. The fraction of sp³-hybridized carbons (Fsp3) is 0.579. The lowest BCUT2D eigenvalue weighted by Gasteiger charge is -2.44. The Morgan fingerprint density at radius 2 is 1.96 bits per heavy atom. The van der Waals surface area contributed by atoms with Crippen molar-refractivity contribution in [2.24, 2.45) is 0 Å². The van der Waals surface area contributed by atoms with E-state index in [-0.39, 0.29) is 12.2 Å². The molecule has 1 aromatic carbocycles. The van der Waals surface area contributed by atoms with E-state index < -0.39 is 5.79 Å². The first-order valence-corrected chi connectivity index (χ1v) is 8.82. The fourth-order valence-corrected chi connectivity index (χ4v) is 5.24. The maximum Gasteiger partial charge on any atom is 0.231 e. The molecule has 2 fully saturated rings. The van der Waals surface area contributed by atoms with Gasteiger partial charge in [0, 0.05) is 25.0 Å². The van der Waals surface area contributed by atoms with Gasteiger partial charge in [-0.25, -0.2) is 0 Å². The van der Waals surface area contributed by atoms with Crippen molar-refractivity contribution in [3.8, 4) is 11.5 Å². The van der Waals surface area contributed by atoms with Crippen LogP contribution in [0.1, 0.15) is 37.3 Å². The highest BCUT2D eigenvalue weighted by molar-refractivity contribution is 5.53. The van der Waals surface area contributed by atoms with Gasteiger partial charge in [-0.2, -0.15) is 0 Å². The van der Waals surface area contributed by atoms with Crippen LogP contribution in [0, 0.1) is 0 Å². The van der Waals surface area contributed by atoms with E-state index in [0.717, 1.165) is 31.0 Å². The molecular formula is C19H21NO4. The molecule has 0 aromatic heterocycles. The molecule has 0 saturated carbocycles. The van der Waals surface area contributed by atoms with E-state index in [1.54, 1.807) is 0 Å². The third kappa shape index (κ3) is 1.70. The van der Waals surface area contributed by atoms with Crippen LogP contribution in [-0.2, 0) is 16.0 Å². The van der Waals surface area contributed by atoms with E-state index in [2.05, 4.69) is 23.1 Å². The second kappa shape index (κ2) is 4.34. The van der Waals surface area contributed by atoms with Crippen molar-refractivity contribution in [3.05, 3.63) is 34.9 Å². The number of ether oxygens (including phenoxy) is 4. The zero-order valence-electron chi connectivity index (χ0n) is 14.0. The van der Waals surface area contributed by atoms with Crippen LogP contribution in [0.4, 0.5) is 0 Å². The van der Waals surface area contributed by atoms with E-state index in [1.165, 1.54) is 16.7 Å². The van der Waals surface area contributed by atoms with Crippen LogP contribution in [0.5, 0.6) is 11.5 Å². The van der Waals surface area contributed by atoms with Crippen molar-refractivity contribution < 1.29 is 18.9 Å². The molecule has 2 saturated heterocycles. The van der Waals surface area contributed by atoms with Gasteiger partial charge in [0.2, 0.25) is 6.79 Å². The molecule has 0 bridgehead atoms. The monoisotopic (exact) mass is 327 g/mol. The quantitative estimate of drug-likeness (QED) is 0.685. The van der Waals surface area contributed by atoms with Crippen molar-refractivity contribution in [2.45, 2.75) is 56.8 Å². The standard InChI is InChI=1S/C19H21NO4/c1-19(2)23-15-5-10-3-4-20-8-11-6-13-14(22-9-21-13)7-12(11)16(17(10)20)18(15)24-19/h5-7,15-18H,3-4,8-9H2,1-2H3. The molecule has 4 unspecified atom stereocenters. The summed E-state index contributed by atoms with van der Waals surface area (Å²) in [6, 6.07) is 4.80. The molecule has 5 heteroatoms. The first-order valence-electron chi connectivity index (χ1n) is 8.82. The summed E-state index contributed by atoms with van der Waals surface area (Å²) < 4.78 is 23.8. The van der Waals surface area contributed by atoms with Gasteiger partial charge in [-0.1, -0.05) is 11.6 Å². The average molecular weight is 327 g/mol. The predicted molar refractivity (Wildman–Crippen MR) is 86.0 cm³/mol. The maximum atomic E-state index is 6.36. The third-order valence-corrected chi connectivity index (χ3v) is 6.06. The molecule has 6 rings (SSSR count). The molecule has 4 heterocycles. The molecule has 0 radical (unpaired) electrons. The Hall–Kier alpha value is -1.56. The molecule has 5 aliphatic rings. The summed E-state index contributed by atoms with van der Waals surface area (Å²) in [6.07, 6.45) is 3.58. The first-order chi connectivity index (χ1) is 11.6. The molecular weight excluding hydrogens is 306 g/mol. The lowest BCUT2D eigenvalue weighted by atomic mass is 9.73.